The molecule has 0 aliphatic rings. The Hall–Kier alpha value is -1.25. The lowest BCUT2D eigenvalue weighted by Crippen LogP contribution is -2.04. The summed E-state index contributed by atoms with van der Waals surface area (Å²) in [5.41, 5.74) is 0.423. The van der Waals surface area contributed by atoms with E-state index < -0.39 is 0 Å². The Bertz CT molecular complexity index is 170. The first-order chi connectivity index (χ1) is 5.22. The van der Waals surface area contributed by atoms with Crippen LogP contribution in [0.3, 0.4) is 0 Å². The van der Waals surface area contributed by atoms with Gasteiger partial charge in [0.05, 0.1) is 18.4 Å². The minimum absolute atomic E-state index is 0.366. The summed E-state index contributed by atoms with van der Waals surface area (Å²) in [6.07, 6.45) is 2.54. The van der Waals surface area contributed by atoms with Crippen LogP contribution in [0.25, 0.3) is 0 Å². The fourth-order valence-corrected chi connectivity index (χ4v) is 0.443. The van der Waals surface area contributed by atoms with Gasteiger partial charge in [-0.2, -0.15) is 0 Å². The molecule has 0 N–H and O–H groups in total. The number of hydrogen-bond acceptors (Lipinski definition) is 3. The molecular weight excluding hydrogens is 144 g/mol. The standard InChI is InChI=1S/C8H12O3/c1-4-10-6-7(3)8(9)11-5-2/h4,6H,1,5H2,2-3H3. The Morgan fingerprint density at radius 2 is 2.27 bits per heavy atom. The predicted molar refractivity (Wildman–Crippen MR) is 41.7 cm³/mol. The van der Waals surface area contributed by atoms with E-state index in [0.29, 0.717) is 12.2 Å². The van der Waals surface area contributed by atoms with Crippen molar-refractivity contribution in [1.82, 2.24) is 0 Å². The Balaban J connectivity index is 3.89. The number of ether oxygens (including phenoxy) is 2. The van der Waals surface area contributed by atoms with Crippen molar-refractivity contribution in [3.05, 3.63) is 24.7 Å². The minimum Gasteiger partial charge on any atom is -0.473 e. The second kappa shape index (κ2) is 5.53. The van der Waals surface area contributed by atoms with Gasteiger partial charge in [0.15, 0.2) is 0 Å². The van der Waals surface area contributed by atoms with Crippen LogP contribution in [0, 0.1) is 0 Å². The van der Waals surface area contributed by atoms with Crippen LogP contribution in [0.5, 0.6) is 0 Å². The van der Waals surface area contributed by atoms with Crippen molar-refractivity contribution in [3.8, 4) is 0 Å². The number of rotatable bonds is 4. The maximum atomic E-state index is 10.8. The number of carbonyl (C=O) groups excluding carboxylic acids is 1. The summed E-state index contributed by atoms with van der Waals surface area (Å²) in [5.74, 6) is -0.366. The van der Waals surface area contributed by atoms with Crippen LogP contribution in [-0.4, -0.2) is 12.6 Å². The number of hydrogen-bond donors (Lipinski definition) is 0. The summed E-state index contributed by atoms with van der Waals surface area (Å²) in [6, 6.07) is 0. The lowest BCUT2D eigenvalue weighted by atomic mass is 10.3. The van der Waals surface area contributed by atoms with Gasteiger partial charge < -0.3 is 9.47 Å². The van der Waals surface area contributed by atoms with E-state index in [0.717, 1.165) is 0 Å². The molecule has 62 valence electrons. The van der Waals surface area contributed by atoms with Crippen molar-refractivity contribution in [3.63, 3.8) is 0 Å². The molecule has 0 aliphatic carbocycles. The van der Waals surface area contributed by atoms with Crippen LogP contribution in [0.4, 0.5) is 0 Å². The van der Waals surface area contributed by atoms with Crippen LogP contribution in [0.15, 0.2) is 24.7 Å². The zero-order chi connectivity index (χ0) is 8.69. The fraction of sp³-hybridized carbons (Fsp3) is 0.375. The van der Waals surface area contributed by atoms with E-state index in [4.69, 9.17) is 0 Å². The van der Waals surface area contributed by atoms with Crippen molar-refractivity contribution < 1.29 is 14.3 Å². The molecule has 0 fully saturated rings. The second-order valence-electron chi connectivity index (χ2n) is 1.82. The topological polar surface area (TPSA) is 35.5 Å². The lowest BCUT2D eigenvalue weighted by Gasteiger charge is -1.99. The molecule has 0 saturated carbocycles. The maximum Gasteiger partial charge on any atom is 0.336 e. The number of esters is 1. The summed E-state index contributed by atoms with van der Waals surface area (Å²) in [7, 11) is 0. The van der Waals surface area contributed by atoms with E-state index in [1.54, 1.807) is 13.8 Å². The van der Waals surface area contributed by atoms with Crippen LogP contribution >= 0.6 is 0 Å². The van der Waals surface area contributed by atoms with Gasteiger partial charge in [0.2, 0.25) is 0 Å². The zero-order valence-electron chi connectivity index (χ0n) is 6.79. The Labute approximate surface area is 66.3 Å². The van der Waals surface area contributed by atoms with Crippen molar-refractivity contribution in [2.24, 2.45) is 0 Å². The average Bonchev–Trinajstić information content (AvgIpc) is 2.00. The molecule has 3 nitrogen and oxygen atoms in total. The van der Waals surface area contributed by atoms with Gasteiger partial charge >= 0.3 is 5.97 Å². The summed E-state index contributed by atoms with van der Waals surface area (Å²) >= 11 is 0. The molecular formula is C8H12O3. The first-order valence-electron chi connectivity index (χ1n) is 3.32. The van der Waals surface area contributed by atoms with E-state index >= 15 is 0 Å². The molecule has 11 heavy (non-hydrogen) atoms. The first-order valence-corrected chi connectivity index (χ1v) is 3.32. The minimum atomic E-state index is -0.366. The van der Waals surface area contributed by atoms with Crippen molar-refractivity contribution >= 4 is 5.97 Å². The lowest BCUT2D eigenvalue weighted by molar-refractivity contribution is -0.138. The van der Waals surface area contributed by atoms with Gasteiger partial charge in [-0.25, -0.2) is 4.79 Å². The highest BCUT2D eigenvalue weighted by atomic mass is 16.5. The van der Waals surface area contributed by atoms with Crippen LogP contribution in [-0.2, 0) is 14.3 Å². The average molecular weight is 156 g/mol. The predicted octanol–water partition coefficient (Wildman–Crippen LogP) is 1.61. The van der Waals surface area contributed by atoms with Gasteiger partial charge in [0, 0.05) is 0 Å². The zero-order valence-corrected chi connectivity index (χ0v) is 6.79. The van der Waals surface area contributed by atoms with E-state index in [1.165, 1.54) is 12.5 Å². The van der Waals surface area contributed by atoms with Gasteiger partial charge in [-0.15, -0.1) is 0 Å². The molecule has 0 heterocycles. The summed E-state index contributed by atoms with van der Waals surface area (Å²) in [6.45, 7) is 7.05. The SMILES string of the molecule is C=COC=C(C)C(=O)OCC. The molecule has 0 radical (unpaired) electrons. The molecule has 0 rings (SSSR count). The molecule has 0 aromatic rings. The molecule has 0 amide bonds. The third-order valence-electron chi connectivity index (χ3n) is 0.938. The normalized spacial score (nSPS) is 10.5. The van der Waals surface area contributed by atoms with Crippen LogP contribution in [0.2, 0.25) is 0 Å². The molecule has 0 spiro atoms. The Kier molecular flexibility index (Phi) is 4.90. The highest BCUT2D eigenvalue weighted by Gasteiger charge is 2.02. The molecule has 0 bridgehead atoms. The van der Waals surface area contributed by atoms with Crippen molar-refractivity contribution in [2.75, 3.05) is 6.61 Å². The molecule has 3 heteroatoms. The molecule has 0 aromatic carbocycles. The molecule has 0 aliphatic heterocycles. The van der Waals surface area contributed by atoms with Crippen molar-refractivity contribution in [1.29, 1.82) is 0 Å². The van der Waals surface area contributed by atoms with Gasteiger partial charge in [-0.1, -0.05) is 6.58 Å². The largest absolute Gasteiger partial charge is 0.473 e. The molecule has 0 unspecified atom stereocenters. The summed E-state index contributed by atoms with van der Waals surface area (Å²) < 4.78 is 9.34. The quantitative estimate of drug-likeness (QED) is 0.352. The Morgan fingerprint density at radius 1 is 1.64 bits per heavy atom. The fourth-order valence-electron chi connectivity index (χ4n) is 0.443. The first kappa shape index (κ1) is 9.75. The van der Waals surface area contributed by atoms with Gasteiger partial charge in [0.25, 0.3) is 0 Å². The van der Waals surface area contributed by atoms with Gasteiger partial charge in [-0.3, -0.25) is 0 Å². The maximum absolute atomic E-state index is 10.8. The highest BCUT2D eigenvalue weighted by Crippen LogP contribution is 1.96. The summed E-state index contributed by atoms with van der Waals surface area (Å²) in [5, 5.41) is 0. The van der Waals surface area contributed by atoms with E-state index in [2.05, 4.69) is 16.1 Å². The highest BCUT2D eigenvalue weighted by molar-refractivity contribution is 5.87. The van der Waals surface area contributed by atoms with Crippen LogP contribution < -0.4 is 0 Å². The second-order valence-corrected chi connectivity index (χ2v) is 1.82. The monoisotopic (exact) mass is 156 g/mol. The third kappa shape index (κ3) is 4.19. The van der Waals surface area contributed by atoms with E-state index in [1.807, 2.05) is 0 Å². The molecule has 0 atom stereocenters. The van der Waals surface area contributed by atoms with Crippen molar-refractivity contribution in [2.45, 2.75) is 13.8 Å². The Morgan fingerprint density at radius 3 is 2.73 bits per heavy atom. The third-order valence-corrected chi connectivity index (χ3v) is 0.938. The van der Waals surface area contributed by atoms with E-state index in [-0.39, 0.29) is 5.97 Å². The van der Waals surface area contributed by atoms with E-state index in [9.17, 15) is 4.79 Å². The smallest absolute Gasteiger partial charge is 0.336 e. The van der Waals surface area contributed by atoms with Crippen LogP contribution in [0.1, 0.15) is 13.8 Å². The molecule has 0 aromatic heterocycles. The van der Waals surface area contributed by atoms with Gasteiger partial charge in [0.1, 0.15) is 6.26 Å². The summed E-state index contributed by atoms with van der Waals surface area (Å²) in [4.78, 5) is 10.8. The molecule has 0 saturated heterocycles. The number of carbonyl (C=O) groups is 1. The van der Waals surface area contributed by atoms with Gasteiger partial charge in [-0.05, 0) is 13.8 Å².